The van der Waals surface area contributed by atoms with Gasteiger partial charge >= 0.3 is 0 Å². The molecule has 7 nitrogen and oxygen atoms in total. The topological polar surface area (TPSA) is 86.3 Å². The Labute approximate surface area is 199 Å². The van der Waals surface area contributed by atoms with Gasteiger partial charge in [0, 0.05) is 12.2 Å². The number of aryl methyl sites for hydroxylation is 1. The fourth-order valence-electron chi connectivity index (χ4n) is 3.88. The fraction of sp³-hybridized carbons (Fsp3) is 0.400. The molecule has 1 atom stereocenters. The van der Waals surface area contributed by atoms with E-state index in [1.807, 2.05) is 42.2 Å². The predicted octanol–water partition coefficient (Wildman–Crippen LogP) is 4.33. The number of benzene rings is 2. The number of anilines is 1. The van der Waals surface area contributed by atoms with Gasteiger partial charge in [-0.1, -0.05) is 62.9 Å². The number of aromatic nitrogens is 3. The first-order valence-electron chi connectivity index (χ1n) is 11.2. The van der Waals surface area contributed by atoms with Crippen LogP contribution < -0.4 is 15.5 Å². The Morgan fingerprint density at radius 1 is 1.15 bits per heavy atom. The summed E-state index contributed by atoms with van der Waals surface area (Å²) >= 11 is 1.31. The van der Waals surface area contributed by atoms with Crippen molar-refractivity contribution in [3.05, 3.63) is 65.5 Å². The zero-order chi connectivity index (χ0) is 23.6. The fourth-order valence-corrected chi connectivity index (χ4v) is 4.73. The van der Waals surface area contributed by atoms with Gasteiger partial charge in [0.1, 0.15) is 12.4 Å². The molecule has 8 heteroatoms. The molecule has 1 unspecified atom stereocenters. The van der Waals surface area contributed by atoms with Crippen molar-refractivity contribution < 1.29 is 9.53 Å². The molecule has 0 radical (unpaired) electrons. The molecule has 1 amide bonds. The number of fused-ring (bicyclic) bond motifs is 1. The number of thioether (sulfide) groups is 1. The van der Waals surface area contributed by atoms with Crippen LogP contribution in [0, 0.1) is 0 Å². The molecule has 0 bridgehead atoms. The molecule has 0 spiro atoms. The summed E-state index contributed by atoms with van der Waals surface area (Å²) in [5.41, 5.74) is 3.55. The van der Waals surface area contributed by atoms with E-state index in [1.165, 1.54) is 27.6 Å². The summed E-state index contributed by atoms with van der Waals surface area (Å²) in [5.74, 6) is 7.51. The first-order chi connectivity index (χ1) is 15.7. The molecule has 1 aliphatic rings. The first-order valence-corrected chi connectivity index (χ1v) is 12.1. The highest BCUT2D eigenvalue weighted by Crippen LogP contribution is 2.30. The van der Waals surface area contributed by atoms with Gasteiger partial charge in [0.2, 0.25) is 11.1 Å². The van der Waals surface area contributed by atoms with Gasteiger partial charge in [-0.2, -0.15) is 0 Å². The van der Waals surface area contributed by atoms with Crippen molar-refractivity contribution in [2.75, 3.05) is 17.3 Å². The SMILES string of the molecule is CC(Sc1nnc(COc2ccc(C(C)(C)C)cc2)n1N)C(=O)N1CCCc2ccccc21. The smallest absolute Gasteiger partial charge is 0.240 e. The Morgan fingerprint density at radius 3 is 2.61 bits per heavy atom. The van der Waals surface area contributed by atoms with Crippen LogP contribution in [-0.4, -0.2) is 32.6 Å². The minimum Gasteiger partial charge on any atom is -0.486 e. The molecule has 0 saturated carbocycles. The van der Waals surface area contributed by atoms with Crippen LogP contribution in [0.5, 0.6) is 5.75 Å². The third-order valence-corrected chi connectivity index (χ3v) is 6.87. The molecule has 1 aromatic heterocycles. The van der Waals surface area contributed by atoms with Crippen LogP contribution in [0.25, 0.3) is 0 Å². The molecule has 0 saturated heterocycles. The van der Waals surface area contributed by atoms with Crippen molar-refractivity contribution >= 4 is 23.4 Å². The van der Waals surface area contributed by atoms with Crippen LogP contribution in [0.2, 0.25) is 0 Å². The van der Waals surface area contributed by atoms with E-state index in [1.54, 1.807) is 0 Å². The summed E-state index contributed by atoms with van der Waals surface area (Å²) in [7, 11) is 0. The van der Waals surface area contributed by atoms with E-state index in [0.29, 0.717) is 11.0 Å². The molecule has 33 heavy (non-hydrogen) atoms. The number of carbonyl (C=O) groups is 1. The quantitative estimate of drug-likeness (QED) is 0.431. The molecular weight excluding hydrogens is 434 g/mol. The normalized spacial score (nSPS) is 14.6. The van der Waals surface area contributed by atoms with Gasteiger partial charge in [0.15, 0.2) is 5.82 Å². The van der Waals surface area contributed by atoms with Crippen molar-refractivity contribution in [2.24, 2.45) is 0 Å². The predicted molar refractivity (Wildman–Crippen MR) is 132 cm³/mol. The average Bonchev–Trinajstić information content (AvgIpc) is 3.15. The van der Waals surface area contributed by atoms with Crippen molar-refractivity contribution in [3.63, 3.8) is 0 Å². The zero-order valence-corrected chi connectivity index (χ0v) is 20.4. The number of rotatable bonds is 6. The van der Waals surface area contributed by atoms with E-state index in [2.05, 4.69) is 49.2 Å². The van der Waals surface area contributed by atoms with E-state index >= 15 is 0 Å². The summed E-state index contributed by atoms with van der Waals surface area (Å²) < 4.78 is 7.26. The summed E-state index contributed by atoms with van der Waals surface area (Å²) in [6.07, 6.45) is 1.96. The Morgan fingerprint density at radius 2 is 1.88 bits per heavy atom. The minimum absolute atomic E-state index is 0.0480. The van der Waals surface area contributed by atoms with E-state index < -0.39 is 0 Å². The van der Waals surface area contributed by atoms with Crippen LogP contribution in [0.15, 0.2) is 53.7 Å². The Hall–Kier alpha value is -3.00. The summed E-state index contributed by atoms with van der Waals surface area (Å²) in [5, 5.41) is 8.49. The molecule has 0 aliphatic carbocycles. The largest absolute Gasteiger partial charge is 0.486 e. The van der Waals surface area contributed by atoms with E-state index in [0.717, 1.165) is 30.8 Å². The molecule has 4 rings (SSSR count). The number of ether oxygens (including phenoxy) is 1. The molecule has 2 N–H and O–H groups in total. The Kier molecular flexibility index (Phi) is 6.65. The van der Waals surface area contributed by atoms with Crippen LogP contribution in [0.1, 0.15) is 51.1 Å². The standard InChI is InChI=1S/C25H31N5O2S/c1-17(23(31)29-15-7-9-18-8-5-6-10-21(18)29)33-24-28-27-22(30(24)26)16-32-20-13-11-19(12-14-20)25(2,3)4/h5-6,8,10-14,17H,7,9,15-16,26H2,1-4H3. The van der Waals surface area contributed by atoms with Crippen LogP contribution >= 0.6 is 11.8 Å². The number of nitrogen functional groups attached to an aromatic ring is 1. The van der Waals surface area contributed by atoms with Gasteiger partial charge in [-0.3, -0.25) is 4.79 Å². The van der Waals surface area contributed by atoms with Crippen LogP contribution in [-0.2, 0) is 23.2 Å². The lowest BCUT2D eigenvalue weighted by atomic mass is 9.87. The van der Waals surface area contributed by atoms with Gasteiger partial charge in [-0.25, -0.2) is 4.68 Å². The number of nitrogens with two attached hydrogens (primary N) is 1. The van der Waals surface area contributed by atoms with Crippen molar-refractivity contribution in [2.45, 2.75) is 63.0 Å². The number of hydrogen-bond acceptors (Lipinski definition) is 6. The highest BCUT2D eigenvalue weighted by molar-refractivity contribution is 8.00. The molecule has 1 aliphatic heterocycles. The molecule has 3 aromatic rings. The molecular formula is C25H31N5O2S. The number of hydrogen-bond donors (Lipinski definition) is 1. The summed E-state index contributed by atoms with van der Waals surface area (Å²) in [6, 6.07) is 16.1. The van der Waals surface area contributed by atoms with E-state index in [4.69, 9.17) is 10.6 Å². The highest BCUT2D eigenvalue weighted by Gasteiger charge is 2.28. The molecule has 0 fully saturated rings. The average molecular weight is 466 g/mol. The van der Waals surface area contributed by atoms with Crippen molar-refractivity contribution in [1.29, 1.82) is 0 Å². The van der Waals surface area contributed by atoms with Gasteiger partial charge in [-0.15, -0.1) is 10.2 Å². The minimum atomic E-state index is -0.346. The third-order valence-electron chi connectivity index (χ3n) is 5.83. The third kappa shape index (κ3) is 5.16. The lowest BCUT2D eigenvalue weighted by Gasteiger charge is -2.31. The second-order valence-electron chi connectivity index (χ2n) is 9.31. The van der Waals surface area contributed by atoms with E-state index in [9.17, 15) is 4.79 Å². The molecule has 2 aromatic carbocycles. The van der Waals surface area contributed by atoms with E-state index in [-0.39, 0.29) is 23.2 Å². The maximum Gasteiger partial charge on any atom is 0.240 e. The number of carbonyl (C=O) groups excluding carboxylic acids is 1. The maximum absolute atomic E-state index is 13.2. The Balaban J connectivity index is 1.38. The maximum atomic E-state index is 13.2. The van der Waals surface area contributed by atoms with Gasteiger partial charge in [-0.05, 0) is 54.5 Å². The lowest BCUT2D eigenvalue weighted by Crippen LogP contribution is -2.40. The monoisotopic (exact) mass is 465 g/mol. The number of nitrogens with zero attached hydrogens (tertiary/aromatic N) is 4. The summed E-state index contributed by atoms with van der Waals surface area (Å²) in [4.78, 5) is 15.0. The highest BCUT2D eigenvalue weighted by atomic mass is 32.2. The first kappa shape index (κ1) is 23.2. The second-order valence-corrected chi connectivity index (χ2v) is 10.6. The van der Waals surface area contributed by atoms with Crippen molar-refractivity contribution in [1.82, 2.24) is 14.9 Å². The summed E-state index contributed by atoms with van der Waals surface area (Å²) in [6.45, 7) is 9.33. The number of amides is 1. The number of para-hydroxylation sites is 1. The lowest BCUT2D eigenvalue weighted by molar-refractivity contribution is -0.117. The second kappa shape index (κ2) is 9.47. The zero-order valence-electron chi connectivity index (χ0n) is 19.6. The van der Waals surface area contributed by atoms with Gasteiger partial charge in [0.05, 0.1) is 5.25 Å². The molecule has 2 heterocycles. The van der Waals surface area contributed by atoms with Crippen molar-refractivity contribution in [3.8, 4) is 5.75 Å². The van der Waals surface area contributed by atoms with Gasteiger partial charge in [0.25, 0.3) is 0 Å². The Bertz CT molecular complexity index is 1120. The van der Waals surface area contributed by atoms with Crippen LogP contribution in [0.4, 0.5) is 5.69 Å². The van der Waals surface area contributed by atoms with Crippen LogP contribution in [0.3, 0.4) is 0 Å². The molecule has 174 valence electrons. The van der Waals surface area contributed by atoms with Gasteiger partial charge < -0.3 is 15.5 Å².